The molecule has 12 heavy (non-hydrogen) atoms. The summed E-state index contributed by atoms with van der Waals surface area (Å²) in [5, 5.41) is 8.54. The highest BCUT2D eigenvalue weighted by atomic mass is 16.6. The molecule has 0 amide bonds. The van der Waals surface area contributed by atoms with E-state index < -0.39 is 0 Å². The number of aliphatic hydroxyl groups is 1. The van der Waals surface area contributed by atoms with E-state index in [0.29, 0.717) is 6.61 Å². The van der Waals surface area contributed by atoms with Gasteiger partial charge in [-0.15, -0.1) is 0 Å². The van der Waals surface area contributed by atoms with E-state index in [1.165, 1.54) is 0 Å². The molecule has 3 heteroatoms. The van der Waals surface area contributed by atoms with Gasteiger partial charge in [0.05, 0.1) is 12.2 Å². The first kappa shape index (κ1) is 9.96. The summed E-state index contributed by atoms with van der Waals surface area (Å²) in [4.78, 5) is 0. The largest absolute Gasteiger partial charge is 0.396 e. The maximum Gasteiger partial charge on any atom is 0.109 e. The summed E-state index contributed by atoms with van der Waals surface area (Å²) in [5.41, 5.74) is -0.143. The minimum absolute atomic E-state index is 0.143. The van der Waals surface area contributed by atoms with Gasteiger partial charge in [-0.05, 0) is 26.7 Å². The first-order valence-electron chi connectivity index (χ1n) is 4.53. The highest BCUT2D eigenvalue weighted by molar-refractivity contribution is 4.88. The standard InChI is InChI=1S/C9H18O3/c1-9(2,8-7-11-8)12-6-4-3-5-10/h8,10H,3-7H2,1-2H3. The van der Waals surface area contributed by atoms with Crippen molar-refractivity contribution in [2.24, 2.45) is 0 Å². The lowest BCUT2D eigenvalue weighted by Gasteiger charge is -2.22. The molecular weight excluding hydrogens is 156 g/mol. The zero-order valence-corrected chi connectivity index (χ0v) is 7.88. The summed E-state index contributed by atoms with van der Waals surface area (Å²) in [6, 6.07) is 0. The molecule has 1 unspecified atom stereocenters. The molecule has 0 spiro atoms. The Bertz CT molecular complexity index is 130. The number of aliphatic hydroxyl groups excluding tert-OH is 1. The Balaban J connectivity index is 2.04. The van der Waals surface area contributed by atoms with E-state index in [0.717, 1.165) is 19.4 Å². The Kier molecular flexibility index (Phi) is 3.50. The number of hydrogen-bond acceptors (Lipinski definition) is 3. The molecule has 0 bridgehead atoms. The van der Waals surface area contributed by atoms with Crippen LogP contribution in [0.5, 0.6) is 0 Å². The quantitative estimate of drug-likeness (QED) is 0.481. The third-order valence-corrected chi connectivity index (χ3v) is 2.14. The van der Waals surface area contributed by atoms with Crippen molar-refractivity contribution in [2.45, 2.75) is 38.4 Å². The molecule has 0 aromatic carbocycles. The Morgan fingerprint density at radius 1 is 1.50 bits per heavy atom. The summed E-state index contributed by atoms with van der Waals surface area (Å²) >= 11 is 0. The van der Waals surface area contributed by atoms with E-state index in [1.54, 1.807) is 0 Å². The van der Waals surface area contributed by atoms with Gasteiger partial charge in [-0.1, -0.05) is 0 Å². The van der Waals surface area contributed by atoms with Crippen molar-refractivity contribution in [1.82, 2.24) is 0 Å². The van der Waals surface area contributed by atoms with Crippen molar-refractivity contribution in [2.75, 3.05) is 19.8 Å². The molecule has 0 radical (unpaired) electrons. The van der Waals surface area contributed by atoms with E-state index in [9.17, 15) is 0 Å². The fourth-order valence-electron chi connectivity index (χ4n) is 1.09. The highest BCUT2D eigenvalue weighted by Crippen LogP contribution is 2.27. The van der Waals surface area contributed by atoms with Crippen LogP contribution < -0.4 is 0 Å². The molecule has 1 atom stereocenters. The van der Waals surface area contributed by atoms with E-state index in [2.05, 4.69) is 0 Å². The third kappa shape index (κ3) is 3.09. The molecule has 1 aliphatic heterocycles. The van der Waals surface area contributed by atoms with Gasteiger partial charge in [-0.3, -0.25) is 0 Å². The average molecular weight is 174 g/mol. The van der Waals surface area contributed by atoms with Crippen molar-refractivity contribution in [3.8, 4) is 0 Å². The first-order valence-corrected chi connectivity index (χ1v) is 4.53. The molecule has 1 N–H and O–H groups in total. The predicted octanol–water partition coefficient (Wildman–Crippen LogP) is 0.953. The normalized spacial score (nSPS) is 22.8. The van der Waals surface area contributed by atoms with Crippen LogP contribution in [0.15, 0.2) is 0 Å². The van der Waals surface area contributed by atoms with Gasteiger partial charge in [0.1, 0.15) is 6.10 Å². The second-order valence-corrected chi connectivity index (χ2v) is 3.70. The van der Waals surface area contributed by atoms with Gasteiger partial charge in [0, 0.05) is 13.2 Å². The summed E-state index contributed by atoms with van der Waals surface area (Å²) in [5.74, 6) is 0. The molecule has 0 aliphatic carbocycles. The third-order valence-electron chi connectivity index (χ3n) is 2.14. The van der Waals surface area contributed by atoms with Crippen LogP contribution in [0.3, 0.4) is 0 Å². The molecule has 1 saturated heterocycles. The van der Waals surface area contributed by atoms with Gasteiger partial charge in [0.2, 0.25) is 0 Å². The van der Waals surface area contributed by atoms with Crippen LogP contribution in [0.25, 0.3) is 0 Å². The molecule has 3 nitrogen and oxygen atoms in total. The number of ether oxygens (including phenoxy) is 2. The topological polar surface area (TPSA) is 42.0 Å². The van der Waals surface area contributed by atoms with Gasteiger partial charge in [-0.2, -0.15) is 0 Å². The summed E-state index contributed by atoms with van der Waals surface area (Å²) in [6.45, 7) is 5.89. The fourth-order valence-corrected chi connectivity index (χ4v) is 1.09. The summed E-state index contributed by atoms with van der Waals surface area (Å²) < 4.78 is 10.8. The minimum Gasteiger partial charge on any atom is -0.396 e. The number of rotatable bonds is 6. The van der Waals surface area contributed by atoms with Crippen molar-refractivity contribution in [3.63, 3.8) is 0 Å². The number of epoxide rings is 1. The molecule has 0 aromatic heterocycles. The van der Waals surface area contributed by atoms with Gasteiger partial charge in [0.15, 0.2) is 0 Å². The predicted molar refractivity (Wildman–Crippen MR) is 46.1 cm³/mol. The highest BCUT2D eigenvalue weighted by Gasteiger charge is 2.40. The zero-order valence-electron chi connectivity index (χ0n) is 7.88. The molecule has 1 rings (SSSR count). The molecule has 1 aliphatic rings. The SMILES string of the molecule is CC(C)(OCCCCO)C1CO1. The molecule has 1 heterocycles. The lowest BCUT2D eigenvalue weighted by Crippen LogP contribution is -2.31. The molecular formula is C9H18O3. The Morgan fingerprint density at radius 2 is 2.17 bits per heavy atom. The number of unbranched alkanes of at least 4 members (excludes halogenated alkanes) is 1. The van der Waals surface area contributed by atoms with Gasteiger partial charge >= 0.3 is 0 Å². The second kappa shape index (κ2) is 4.21. The Hall–Kier alpha value is -0.120. The summed E-state index contributed by atoms with van der Waals surface area (Å²) in [7, 11) is 0. The van der Waals surface area contributed by atoms with Crippen molar-refractivity contribution in [1.29, 1.82) is 0 Å². The second-order valence-electron chi connectivity index (χ2n) is 3.70. The van der Waals surface area contributed by atoms with Crippen LogP contribution in [-0.4, -0.2) is 36.6 Å². The van der Waals surface area contributed by atoms with Crippen LogP contribution >= 0.6 is 0 Å². The minimum atomic E-state index is -0.143. The summed E-state index contributed by atoms with van der Waals surface area (Å²) in [6.07, 6.45) is 2.03. The van der Waals surface area contributed by atoms with Crippen LogP contribution in [0.2, 0.25) is 0 Å². The molecule has 0 saturated carbocycles. The average Bonchev–Trinajstić information content (AvgIpc) is 2.80. The maximum absolute atomic E-state index is 8.54. The smallest absolute Gasteiger partial charge is 0.109 e. The van der Waals surface area contributed by atoms with E-state index in [1.807, 2.05) is 13.8 Å². The maximum atomic E-state index is 8.54. The number of hydrogen-bond donors (Lipinski definition) is 1. The Morgan fingerprint density at radius 3 is 2.67 bits per heavy atom. The van der Waals surface area contributed by atoms with E-state index in [-0.39, 0.29) is 18.3 Å². The Labute approximate surface area is 73.7 Å². The van der Waals surface area contributed by atoms with Crippen molar-refractivity contribution in [3.05, 3.63) is 0 Å². The van der Waals surface area contributed by atoms with Crippen LogP contribution in [0, 0.1) is 0 Å². The van der Waals surface area contributed by atoms with Gasteiger partial charge in [-0.25, -0.2) is 0 Å². The molecule has 0 aromatic rings. The zero-order chi connectivity index (χ0) is 9.03. The van der Waals surface area contributed by atoms with Crippen LogP contribution in [0.4, 0.5) is 0 Å². The first-order chi connectivity index (χ1) is 5.67. The van der Waals surface area contributed by atoms with E-state index >= 15 is 0 Å². The van der Waals surface area contributed by atoms with Crippen LogP contribution in [0.1, 0.15) is 26.7 Å². The van der Waals surface area contributed by atoms with Gasteiger partial charge in [0.25, 0.3) is 0 Å². The monoisotopic (exact) mass is 174 g/mol. The van der Waals surface area contributed by atoms with Crippen molar-refractivity contribution >= 4 is 0 Å². The fraction of sp³-hybridized carbons (Fsp3) is 1.00. The molecule has 1 fully saturated rings. The van der Waals surface area contributed by atoms with Crippen LogP contribution in [-0.2, 0) is 9.47 Å². The lowest BCUT2D eigenvalue weighted by molar-refractivity contribution is -0.0385. The lowest BCUT2D eigenvalue weighted by atomic mass is 10.1. The van der Waals surface area contributed by atoms with E-state index in [4.69, 9.17) is 14.6 Å². The van der Waals surface area contributed by atoms with Gasteiger partial charge < -0.3 is 14.6 Å². The molecule has 72 valence electrons. The van der Waals surface area contributed by atoms with Crippen molar-refractivity contribution < 1.29 is 14.6 Å².